The molecule has 0 aliphatic heterocycles. The highest BCUT2D eigenvalue weighted by atomic mass is 16.3. The van der Waals surface area contributed by atoms with Crippen LogP contribution in [-0.4, -0.2) is 19.5 Å². The van der Waals surface area contributed by atoms with Crippen molar-refractivity contribution in [3.63, 3.8) is 0 Å². The Morgan fingerprint density at radius 2 is 1.42 bits per heavy atom. The van der Waals surface area contributed by atoms with Gasteiger partial charge in [-0.1, -0.05) is 127 Å². The fourth-order valence-corrected chi connectivity index (χ4v) is 8.56. The van der Waals surface area contributed by atoms with Crippen molar-refractivity contribution in [2.45, 2.75) is 18.8 Å². The molecule has 3 unspecified atom stereocenters. The van der Waals surface area contributed by atoms with Crippen LogP contribution in [0.2, 0.25) is 0 Å². The fourth-order valence-electron chi connectivity index (χ4n) is 8.56. The predicted molar refractivity (Wildman–Crippen MR) is 216 cm³/mol. The second-order valence-electron chi connectivity index (χ2n) is 14.6. The first-order valence-electron chi connectivity index (χ1n) is 18.3. The molecule has 0 spiro atoms. The summed E-state index contributed by atoms with van der Waals surface area (Å²) in [6.07, 6.45) is 21.6. The summed E-state index contributed by atoms with van der Waals surface area (Å²) in [7, 11) is 0. The third-order valence-electron chi connectivity index (χ3n) is 11.2. The number of hydrogen-bond acceptors (Lipinski definition) is 4. The van der Waals surface area contributed by atoms with Gasteiger partial charge in [0.05, 0.1) is 16.3 Å². The Morgan fingerprint density at radius 1 is 0.679 bits per heavy atom. The molecular weight excluding hydrogens is 649 g/mol. The van der Waals surface area contributed by atoms with Crippen LogP contribution in [0.1, 0.15) is 19.2 Å². The molecule has 8 aromatic rings. The van der Waals surface area contributed by atoms with E-state index in [-0.39, 0.29) is 0 Å². The zero-order chi connectivity index (χ0) is 35.1. The van der Waals surface area contributed by atoms with E-state index in [9.17, 15) is 0 Å². The topological polar surface area (TPSA) is 56.7 Å². The largest absolute Gasteiger partial charge is 0.456 e. The lowest BCUT2D eigenvalue weighted by molar-refractivity contribution is 0.554. The van der Waals surface area contributed by atoms with Crippen molar-refractivity contribution in [1.82, 2.24) is 19.5 Å². The summed E-state index contributed by atoms with van der Waals surface area (Å²) >= 11 is 0. The van der Waals surface area contributed by atoms with Crippen LogP contribution in [0.15, 0.2) is 156 Å². The monoisotopic (exact) mass is 682 g/mol. The van der Waals surface area contributed by atoms with Crippen LogP contribution in [0, 0.1) is 11.8 Å². The minimum Gasteiger partial charge on any atom is -0.456 e. The summed E-state index contributed by atoms with van der Waals surface area (Å²) in [6, 6.07) is 37.9. The highest BCUT2D eigenvalue weighted by Gasteiger charge is 2.32. The van der Waals surface area contributed by atoms with Crippen LogP contribution in [0.25, 0.3) is 84.2 Å². The van der Waals surface area contributed by atoms with Crippen molar-refractivity contribution in [2.24, 2.45) is 11.8 Å². The number of rotatable bonds is 4. The molecule has 3 heterocycles. The van der Waals surface area contributed by atoms with E-state index in [1.165, 1.54) is 32.2 Å². The lowest BCUT2D eigenvalue weighted by Crippen LogP contribution is -2.36. The minimum absolute atomic E-state index is 0.310. The molecule has 252 valence electrons. The lowest BCUT2D eigenvalue weighted by Gasteiger charge is -2.28. The Labute approximate surface area is 306 Å². The molecule has 53 heavy (non-hydrogen) atoms. The van der Waals surface area contributed by atoms with Crippen LogP contribution >= 0.6 is 0 Å². The molecule has 0 radical (unpaired) electrons. The van der Waals surface area contributed by atoms with Crippen molar-refractivity contribution in [3.05, 3.63) is 168 Å². The van der Waals surface area contributed by atoms with Crippen molar-refractivity contribution >= 4 is 61.5 Å². The van der Waals surface area contributed by atoms with Gasteiger partial charge >= 0.3 is 0 Å². The molecule has 0 amide bonds. The number of furan rings is 1. The Balaban J connectivity index is 1.12. The Hall–Kier alpha value is -6.59. The zero-order valence-electron chi connectivity index (χ0n) is 29.1. The number of hydrogen-bond donors (Lipinski definition) is 0. The van der Waals surface area contributed by atoms with Crippen LogP contribution < -0.4 is 10.6 Å². The highest BCUT2D eigenvalue weighted by Crippen LogP contribution is 2.38. The molecule has 11 rings (SSSR count). The summed E-state index contributed by atoms with van der Waals surface area (Å²) in [5, 5.41) is 8.54. The molecule has 5 heteroatoms. The summed E-state index contributed by atoms with van der Waals surface area (Å²) in [5.41, 5.74) is 5.34. The molecule has 0 N–H and O–H groups in total. The van der Waals surface area contributed by atoms with E-state index >= 15 is 0 Å². The van der Waals surface area contributed by atoms with Crippen molar-refractivity contribution in [1.29, 1.82) is 0 Å². The standard InChI is InChI=1S/C48H34N4O/c1-48(47-50-45(31-13-3-2-4-14-31)49-46(51-47)34-21-23-38-37-19-9-10-20-42(37)53-43(38)28-34)25-11-17-35(29-48)52-40-24-22-30-12-7-8-18-36(30)44(40)39-26-32-15-5-6-16-33(32)27-41(39)52/h2-24,26-29,32-33H,25H2,1H3. The van der Waals surface area contributed by atoms with Gasteiger partial charge in [-0.15, -0.1) is 0 Å². The van der Waals surface area contributed by atoms with Crippen LogP contribution in [0.5, 0.6) is 0 Å². The second-order valence-corrected chi connectivity index (χ2v) is 14.6. The summed E-state index contributed by atoms with van der Waals surface area (Å²) in [6.45, 7) is 2.25. The minimum atomic E-state index is -0.510. The molecule has 3 aromatic heterocycles. The van der Waals surface area contributed by atoms with Gasteiger partial charge in [0.25, 0.3) is 0 Å². The average Bonchev–Trinajstić information content (AvgIpc) is 3.75. The molecule has 3 aliphatic carbocycles. The van der Waals surface area contributed by atoms with Crippen molar-refractivity contribution < 1.29 is 4.42 Å². The van der Waals surface area contributed by atoms with Gasteiger partial charge < -0.3 is 8.98 Å². The molecular formula is C48H34N4O. The summed E-state index contributed by atoms with van der Waals surface area (Å²) in [5.74, 6) is 2.67. The number of aromatic nitrogens is 4. The summed E-state index contributed by atoms with van der Waals surface area (Å²) < 4.78 is 8.74. The van der Waals surface area contributed by atoms with Gasteiger partial charge in [-0.25, -0.2) is 15.0 Å². The van der Waals surface area contributed by atoms with Crippen molar-refractivity contribution in [2.75, 3.05) is 0 Å². The first-order chi connectivity index (χ1) is 26.1. The quantitative estimate of drug-likeness (QED) is 0.186. The van der Waals surface area contributed by atoms with E-state index < -0.39 is 5.41 Å². The number of fused-ring (bicyclic) bond motifs is 9. The van der Waals surface area contributed by atoms with Crippen LogP contribution in [-0.2, 0) is 5.41 Å². The SMILES string of the molecule is CC1(c2nc(-c3ccccc3)nc(-c3ccc4c(c3)oc3ccccc34)n2)C=C(n2c3c(c4c5ccccc5ccc42)=CC2C=CC=CC2C=3)C=CC1. The molecule has 3 atom stereocenters. The van der Waals surface area contributed by atoms with E-state index in [0.717, 1.165) is 51.0 Å². The van der Waals surface area contributed by atoms with Gasteiger partial charge in [-0.2, -0.15) is 0 Å². The maximum Gasteiger partial charge on any atom is 0.163 e. The molecule has 0 saturated carbocycles. The fraction of sp³-hybridized carbons (Fsp3) is 0.104. The number of allylic oxidation sites excluding steroid dienone is 8. The van der Waals surface area contributed by atoms with Gasteiger partial charge in [-0.05, 0) is 60.5 Å². The van der Waals surface area contributed by atoms with Gasteiger partial charge in [-0.3, -0.25) is 0 Å². The van der Waals surface area contributed by atoms with E-state index in [1.54, 1.807) is 0 Å². The molecule has 3 aliphatic rings. The third kappa shape index (κ3) is 4.74. The zero-order valence-corrected chi connectivity index (χ0v) is 29.1. The summed E-state index contributed by atoms with van der Waals surface area (Å²) in [4.78, 5) is 15.5. The van der Waals surface area contributed by atoms with E-state index in [0.29, 0.717) is 23.5 Å². The molecule has 5 nitrogen and oxygen atoms in total. The normalized spacial score (nSPS) is 20.4. The Bertz CT molecular complexity index is 3070. The third-order valence-corrected chi connectivity index (χ3v) is 11.2. The van der Waals surface area contributed by atoms with Gasteiger partial charge in [0.2, 0.25) is 0 Å². The Kier molecular flexibility index (Phi) is 6.50. The average molecular weight is 683 g/mol. The van der Waals surface area contributed by atoms with Gasteiger partial charge in [0.1, 0.15) is 17.0 Å². The first-order valence-corrected chi connectivity index (χ1v) is 18.3. The maximum atomic E-state index is 6.29. The maximum absolute atomic E-state index is 6.29. The number of benzene rings is 5. The Morgan fingerprint density at radius 3 is 2.28 bits per heavy atom. The van der Waals surface area contributed by atoms with E-state index in [1.807, 2.05) is 36.4 Å². The number of nitrogens with zero attached hydrogens (tertiary/aromatic N) is 4. The predicted octanol–water partition coefficient (Wildman–Crippen LogP) is 9.90. The molecule has 0 saturated heterocycles. The van der Waals surface area contributed by atoms with E-state index in [4.69, 9.17) is 19.4 Å². The van der Waals surface area contributed by atoms with E-state index in [2.05, 4.69) is 139 Å². The van der Waals surface area contributed by atoms with Crippen LogP contribution in [0.4, 0.5) is 0 Å². The second kappa shape index (κ2) is 11.5. The van der Waals surface area contributed by atoms with Gasteiger partial charge in [0.15, 0.2) is 11.6 Å². The smallest absolute Gasteiger partial charge is 0.163 e. The molecule has 5 aromatic carbocycles. The van der Waals surface area contributed by atoms with Crippen molar-refractivity contribution in [3.8, 4) is 22.8 Å². The first kappa shape index (κ1) is 30.1. The number of para-hydroxylation sites is 1. The lowest BCUT2D eigenvalue weighted by atomic mass is 9.81. The molecule has 0 bridgehead atoms. The molecule has 0 fully saturated rings. The van der Waals surface area contributed by atoms with Crippen LogP contribution in [0.3, 0.4) is 0 Å². The highest BCUT2D eigenvalue weighted by molar-refractivity contribution is 6.08. The van der Waals surface area contributed by atoms with Gasteiger partial charge in [0, 0.05) is 50.0 Å².